The summed E-state index contributed by atoms with van der Waals surface area (Å²) in [6.45, 7) is 2.55. The number of aryl methyl sites for hydroxylation is 1. The van der Waals surface area contributed by atoms with Crippen LogP contribution >= 0.6 is 22.9 Å². The molecule has 7 heteroatoms. The van der Waals surface area contributed by atoms with E-state index in [2.05, 4.69) is 16.1 Å². The smallest absolute Gasteiger partial charge is 0.262 e. The lowest BCUT2D eigenvalue weighted by Gasteiger charge is -2.11. The zero-order valence-electron chi connectivity index (χ0n) is 12.2. The first-order valence-electron chi connectivity index (χ1n) is 6.72. The average molecular weight is 407 g/mol. The first-order chi connectivity index (χ1) is 10.5. The van der Waals surface area contributed by atoms with Crippen LogP contribution in [-0.4, -0.2) is 24.8 Å². The molecule has 0 bridgehead atoms. The van der Waals surface area contributed by atoms with E-state index >= 15 is 0 Å². The van der Waals surface area contributed by atoms with Crippen molar-refractivity contribution in [3.63, 3.8) is 0 Å². The molecular formula is C15H14IN5O. The molecule has 3 rings (SSSR count). The molecular weight excluding hydrogens is 393 g/mol. The Bertz CT molecular complexity index is 840. The Kier molecular flexibility index (Phi) is 3.78. The predicted molar refractivity (Wildman–Crippen MR) is 94.3 cm³/mol. The minimum atomic E-state index is -0.202. The average Bonchev–Trinajstić information content (AvgIpc) is 3.05. The Hall–Kier alpha value is -2.08. The third-order valence-corrected chi connectivity index (χ3v) is 4.24. The van der Waals surface area contributed by atoms with Crippen LogP contribution in [0, 0.1) is 25.2 Å². The monoisotopic (exact) mass is 407 g/mol. The normalized spacial score (nSPS) is 17.5. The van der Waals surface area contributed by atoms with Crippen molar-refractivity contribution in [2.45, 2.75) is 6.92 Å². The molecule has 0 saturated heterocycles. The molecule has 0 unspecified atom stereocenters. The van der Waals surface area contributed by atoms with Crippen molar-refractivity contribution in [1.82, 2.24) is 12.6 Å². The second-order valence-electron chi connectivity index (χ2n) is 5.15. The topological polar surface area (TPSA) is 55.4 Å². The molecule has 0 spiro atoms. The van der Waals surface area contributed by atoms with Crippen molar-refractivity contribution in [1.29, 1.82) is 0 Å². The second-order valence-corrected chi connectivity index (χ2v) is 6.07. The van der Waals surface area contributed by atoms with Crippen molar-refractivity contribution in [3.8, 4) is 12.3 Å². The highest BCUT2D eigenvalue weighted by atomic mass is 127. The Morgan fingerprint density at radius 1 is 1.36 bits per heavy atom. The minimum absolute atomic E-state index is 0.128. The summed E-state index contributed by atoms with van der Waals surface area (Å²) in [7, 11) is 1.67. The number of hydrazone groups is 1. The predicted octanol–water partition coefficient (Wildman–Crippen LogP) is 1.56. The van der Waals surface area contributed by atoms with Gasteiger partial charge in [-0.05, 0) is 12.5 Å². The molecule has 0 aliphatic carbocycles. The number of nitrogens with zero attached hydrogens (tertiary/aromatic N) is 5. The maximum Gasteiger partial charge on any atom is 0.356 e. The summed E-state index contributed by atoms with van der Waals surface area (Å²) in [5.74, 6) is 3.13. The fourth-order valence-corrected chi connectivity index (χ4v) is 2.88. The van der Waals surface area contributed by atoms with E-state index in [1.54, 1.807) is 12.1 Å². The molecule has 1 aliphatic rings. The van der Waals surface area contributed by atoms with E-state index < -0.39 is 0 Å². The van der Waals surface area contributed by atoms with Gasteiger partial charge >= 0.3 is 5.69 Å². The second kappa shape index (κ2) is 5.61. The number of aromatic nitrogens is 3. The van der Waals surface area contributed by atoms with Gasteiger partial charge in [-0.1, -0.05) is 35.7 Å². The first-order valence-corrected chi connectivity index (χ1v) is 7.69. The fraction of sp³-hybridized carbons (Fsp3) is 0.267. The molecule has 1 atom stereocenters. The highest BCUT2D eigenvalue weighted by Crippen LogP contribution is 2.23. The highest BCUT2D eigenvalue weighted by molar-refractivity contribution is 14.1. The molecule has 6 nitrogen and oxygen atoms in total. The Morgan fingerprint density at radius 2 is 2.05 bits per heavy atom. The number of hydrogen-bond acceptors (Lipinski definition) is 4. The largest absolute Gasteiger partial charge is 0.356 e. The van der Waals surface area contributed by atoms with Crippen LogP contribution in [0.2, 0.25) is 0 Å². The van der Waals surface area contributed by atoms with Crippen LogP contribution in [-0.2, 0) is 7.05 Å². The summed E-state index contributed by atoms with van der Waals surface area (Å²) < 4.78 is 2.72. The zero-order valence-corrected chi connectivity index (χ0v) is 14.4. The van der Waals surface area contributed by atoms with Gasteiger partial charge in [0.05, 0.1) is 41.0 Å². The third-order valence-electron chi connectivity index (χ3n) is 3.62. The van der Waals surface area contributed by atoms with Gasteiger partial charge < -0.3 is 0 Å². The molecule has 2 heterocycles. The van der Waals surface area contributed by atoms with Gasteiger partial charge in [0.2, 0.25) is 5.95 Å². The molecule has 2 aromatic rings. The molecule has 1 aromatic heterocycles. The van der Waals surface area contributed by atoms with Crippen LogP contribution in [0.4, 0.5) is 5.95 Å². The Balaban J connectivity index is 2.02. The van der Waals surface area contributed by atoms with Crippen LogP contribution in [0.3, 0.4) is 0 Å². The molecule has 22 heavy (non-hydrogen) atoms. The summed E-state index contributed by atoms with van der Waals surface area (Å²) >= 11 is 1.85. The number of anilines is 1. The van der Waals surface area contributed by atoms with Gasteiger partial charge in [0.1, 0.15) is 0 Å². The van der Waals surface area contributed by atoms with Crippen LogP contribution < -0.4 is 10.7 Å². The zero-order chi connectivity index (χ0) is 15.9. The van der Waals surface area contributed by atoms with Gasteiger partial charge in [-0.15, -0.1) is 14.4 Å². The first kappa shape index (κ1) is 14.8. The quantitative estimate of drug-likeness (QED) is 0.561. The van der Waals surface area contributed by atoms with E-state index in [0.29, 0.717) is 12.5 Å². The molecule has 112 valence electrons. The van der Waals surface area contributed by atoms with Crippen LogP contribution in [0.25, 0.3) is 0 Å². The van der Waals surface area contributed by atoms with E-state index in [0.717, 1.165) is 11.3 Å². The summed E-state index contributed by atoms with van der Waals surface area (Å²) in [5.41, 5.74) is 2.81. The molecule has 0 fully saturated rings. The van der Waals surface area contributed by atoms with E-state index in [1.165, 1.54) is 13.0 Å². The van der Waals surface area contributed by atoms with Crippen molar-refractivity contribution in [2.75, 3.05) is 11.6 Å². The highest BCUT2D eigenvalue weighted by Gasteiger charge is 2.30. The summed E-state index contributed by atoms with van der Waals surface area (Å²) in [6.07, 6.45) is 5.65. The number of rotatable bonds is 2. The standard InChI is InChI=1S/C15H14IN5O/c1-4-11-9-20(14-18-21(16)15(22)19(14)3)17-13(11)12-7-5-10(2)6-8-12/h1,5-8,11H,9H2,2-3H3/t11-/m0/s1. The van der Waals surface area contributed by atoms with Crippen LogP contribution in [0.15, 0.2) is 34.2 Å². The number of halogens is 1. The lowest BCUT2D eigenvalue weighted by atomic mass is 9.98. The van der Waals surface area contributed by atoms with Gasteiger partial charge in [0, 0.05) is 7.05 Å². The van der Waals surface area contributed by atoms with E-state index in [-0.39, 0.29) is 11.6 Å². The third kappa shape index (κ3) is 2.43. The Morgan fingerprint density at radius 3 is 2.59 bits per heavy atom. The maximum absolute atomic E-state index is 11.8. The number of terminal acetylenes is 1. The van der Waals surface area contributed by atoms with Gasteiger partial charge in [0.25, 0.3) is 0 Å². The van der Waals surface area contributed by atoms with Gasteiger partial charge in [-0.3, -0.25) is 4.57 Å². The minimum Gasteiger partial charge on any atom is -0.262 e. The molecule has 1 aliphatic heterocycles. The number of hydrogen-bond donors (Lipinski definition) is 0. The summed E-state index contributed by atoms with van der Waals surface area (Å²) in [5, 5.41) is 10.5. The SMILES string of the molecule is C#C[C@H]1CN(c2nn(I)c(=O)n2C)N=C1c1ccc(C)cc1. The lowest BCUT2D eigenvalue weighted by molar-refractivity contribution is 0.764. The summed E-state index contributed by atoms with van der Waals surface area (Å²) in [4.78, 5) is 11.8. The van der Waals surface area contributed by atoms with Crippen LogP contribution in [0.1, 0.15) is 11.1 Å². The molecule has 0 N–H and O–H groups in total. The molecule has 0 radical (unpaired) electrons. The van der Waals surface area contributed by atoms with E-state index in [4.69, 9.17) is 6.42 Å². The molecule has 0 amide bonds. The van der Waals surface area contributed by atoms with Crippen molar-refractivity contribution in [3.05, 3.63) is 45.9 Å². The fourth-order valence-electron chi connectivity index (χ4n) is 2.36. The maximum atomic E-state index is 11.8. The molecule has 0 saturated carbocycles. The number of benzene rings is 1. The van der Waals surface area contributed by atoms with Crippen molar-refractivity contribution in [2.24, 2.45) is 18.1 Å². The van der Waals surface area contributed by atoms with Gasteiger partial charge in [-0.2, -0.15) is 5.10 Å². The summed E-state index contributed by atoms with van der Waals surface area (Å²) in [6, 6.07) is 8.09. The van der Waals surface area contributed by atoms with E-state index in [9.17, 15) is 4.79 Å². The Labute approximate surface area is 141 Å². The van der Waals surface area contributed by atoms with Crippen molar-refractivity contribution < 1.29 is 0 Å². The van der Waals surface area contributed by atoms with Gasteiger partial charge in [0.15, 0.2) is 0 Å². The van der Waals surface area contributed by atoms with Crippen LogP contribution in [0.5, 0.6) is 0 Å². The van der Waals surface area contributed by atoms with E-state index in [1.807, 2.05) is 54.1 Å². The lowest BCUT2D eigenvalue weighted by Crippen LogP contribution is -2.23. The van der Waals surface area contributed by atoms with Crippen molar-refractivity contribution >= 4 is 34.5 Å². The molecule has 1 aromatic carbocycles. The van der Waals surface area contributed by atoms with Gasteiger partial charge in [-0.25, -0.2) is 9.80 Å².